The van der Waals surface area contributed by atoms with E-state index in [1.54, 1.807) is 24.7 Å². The average Bonchev–Trinajstić information content (AvgIpc) is 3.16. The minimum atomic E-state index is -0.517. The van der Waals surface area contributed by atoms with E-state index < -0.39 is 11.7 Å². The van der Waals surface area contributed by atoms with Crippen molar-refractivity contribution in [1.29, 1.82) is 0 Å². The summed E-state index contributed by atoms with van der Waals surface area (Å²) in [4.78, 5) is 15.6. The van der Waals surface area contributed by atoms with Gasteiger partial charge < -0.3 is 9.30 Å². The first-order valence-corrected chi connectivity index (χ1v) is 7.50. The Kier molecular flexibility index (Phi) is 5.16. The summed E-state index contributed by atoms with van der Waals surface area (Å²) in [5.41, 5.74) is 4.12. The number of benzene rings is 2. The Morgan fingerprint density at radius 1 is 1.24 bits per heavy atom. The molecule has 0 unspecified atom stereocenters. The summed E-state index contributed by atoms with van der Waals surface area (Å²) in [6, 6.07) is 13.4. The monoisotopic (exact) mass is 338 g/mol. The fraction of sp³-hybridized carbons (Fsp3) is 0.0556. The summed E-state index contributed by atoms with van der Waals surface area (Å²) in [7, 11) is 0. The van der Waals surface area contributed by atoms with Crippen LogP contribution in [-0.2, 0) is 4.79 Å². The number of carbonyl (C=O) groups is 1. The maximum Gasteiger partial charge on any atom is 0.277 e. The zero-order valence-corrected chi connectivity index (χ0v) is 13.2. The molecule has 0 spiro atoms. The minimum absolute atomic E-state index is 0.0247. The first-order valence-electron chi connectivity index (χ1n) is 7.50. The summed E-state index contributed by atoms with van der Waals surface area (Å²) >= 11 is 0. The maximum absolute atomic E-state index is 13.4. The lowest BCUT2D eigenvalue weighted by Gasteiger charge is -2.05. The van der Waals surface area contributed by atoms with Crippen LogP contribution in [0.3, 0.4) is 0 Å². The second kappa shape index (κ2) is 7.87. The van der Waals surface area contributed by atoms with Gasteiger partial charge in [0, 0.05) is 18.1 Å². The minimum Gasteiger partial charge on any atom is -0.481 e. The fourth-order valence-electron chi connectivity index (χ4n) is 2.06. The molecule has 0 atom stereocenters. The number of hydrogen-bond donors (Lipinski definition) is 1. The molecular formula is C18H15FN4O2. The molecule has 0 radical (unpaired) electrons. The Labute approximate surface area is 143 Å². The van der Waals surface area contributed by atoms with Gasteiger partial charge in [-0.05, 0) is 29.8 Å². The summed E-state index contributed by atoms with van der Waals surface area (Å²) in [6.45, 7) is -0.322. The number of para-hydroxylation sites is 1. The number of nitrogens with zero attached hydrogens (tertiary/aromatic N) is 3. The van der Waals surface area contributed by atoms with E-state index in [2.05, 4.69) is 15.5 Å². The van der Waals surface area contributed by atoms with Gasteiger partial charge in [-0.1, -0.05) is 24.3 Å². The zero-order valence-electron chi connectivity index (χ0n) is 13.2. The maximum atomic E-state index is 13.4. The van der Waals surface area contributed by atoms with Crippen molar-refractivity contribution in [2.75, 3.05) is 6.61 Å². The van der Waals surface area contributed by atoms with Gasteiger partial charge in [0.2, 0.25) is 0 Å². The van der Waals surface area contributed by atoms with Crippen LogP contribution in [0.1, 0.15) is 5.56 Å². The van der Waals surface area contributed by atoms with Crippen molar-refractivity contribution in [3.63, 3.8) is 0 Å². The number of rotatable bonds is 6. The molecule has 0 fully saturated rings. The largest absolute Gasteiger partial charge is 0.481 e. The number of amides is 1. The molecule has 2 aromatic carbocycles. The van der Waals surface area contributed by atoms with E-state index in [1.807, 2.05) is 35.0 Å². The van der Waals surface area contributed by atoms with Crippen LogP contribution in [0.4, 0.5) is 4.39 Å². The van der Waals surface area contributed by atoms with Crippen molar-refractivity contribution in [3.8, 4) is 11.4 Å². The van der Waals surface area contributed by atoms with Crippen LogP contribution in [0, 0.1) is 5.82 Å². The Hall–Kier alpha value is -3.48. The van der Waals surface area contributed by atoms with E-state index in [0.29, 0.717) is 0 Å². The zero-order chi connectivity index (χ0) is 17.5. The van der Waals surface area contributed by atoms with Gasteiger partial charge in [0.15, 0.2) is 18.2 Å². The number of hydrogen-bond acceptors (Lipinski definition) is 4. The van der Waals surface area contributed by atoms with Crippen LogP contribution in [0.15, 0.2) is 72.4 Å². The standard InChI is InChI=1S/C18H15FN4O2/c19-16-3-1-2-4-17(16)25-12-18(24)22-21-11-14-5-7-15(8-6-14)23-10-9-20-13-23/h1-11,13H,12H2,(H,22,24)/b21-11+. The third-order valence-corrected chi connectivity index (χ3v) is 3.29. The molecule has 3 rings (SSSR count). The molecule has 6 nitrogen and oxygen atoms in total. The van der Waals surface area contributed by atoms with Crippen molar-refractivity contribution in [3.05, 3.63) is 78.6 Å². The summed E-state index contributed by atoms with van der Waals surface area (Å²) < 4.78 is 20.3. The number of nitrogens with one attached hydrogen (secondary N) is 1. The normalized spacial score (nSPS) is 10.8. The highest BCUT2D eigenvalue weighted by atomic mass is 19.1. The lowest BCUT2D eigenvalue weighted by atomic mass is 10.2. The number of imidazole rings is 1. The molecule has 1 aromatic heterocycles. The number of ether oxygens (including phenoxy) is 1. The topological polar surface area (TPSA) is 68.5 Å². The molecule has 126 valence electrons. The van der Waals surface area contributed by atoms with E-state index in [-0.39, 0.29) is 12.4 Å². The van der Waals surface area contributed by atoms with E-state index in [0.717, 1.165) is 11.3 Å². The van der Waals surface area contributed by atoms with Gasteiger partial charge in [0.25, 0.3) is 5.91 Å². The Morgan fingerprint density at radius 2 is 2.04 bits per heavy atom. The van der Waals surface area contributed by atoms with Crippen molar-refractivity contribution in [1.82, 2.24) is 15.0 Å². The van der Waals surface area contributed by atoms with Crippen molar-refractivity contribution >= 4 is 12.1 Å². The molecule has 1 amide bonds. The molecule has 0 saturated carbocycles. The van der Waals surface area contributed by atoms with E-state index in [1.165, 1.54) is 18.3 Å². The molecule has 1 heterocycles. The third-order valence-electron chi connectivity index (χ3n) is 3.29. The van der Waals surface area contributed by atoms with E-state index in [9.17, 15) is 9.18 Å². The molecule has 7 heteroatoms. The first kappa shape index (κ1) is 16.4. The SMILES string of the molecule is O=C(COc1ccccc1F)N/N=C/c1ccc(-n2ccnc2)cc1. The molecule has 25 heavy (non-hydrogen) atoms. The molecule has 0 aliphatic heterocycles. The van der Waals surface area contributed by atoms with Gasteiger partial charge in [0.1, 0.15) is 0 Å². The quantitative estimate of drug-likeness (QED) is 0.555. The van der Waals surface area contributed by atoms with Crippen molar-refractivity contribution in [2.45, 2.75) is 0 Å². The van der Waals surface area contributed by atoms with Crippen LogP contribution in [0.2, 0.25) is 0 Å². The summed E-state index contributed by atoms with van der Waals surface area (Å²) in [6.07, 6.45) is 6.77. The number of hydrazone groups is 1. The second-order valence-corrected chi connectivity index (χ2v) is 5.07. The van der Waals surface area contributed by atoms with Gasteiger partial charge in [-0.15, -0.1) is 0 Å². The van der Waals surface area contributed by atoms with Gasteiger partial charge in [0.05, 0.1) is 12.5 Å². The lowest BCUT2D eigenvalue weighted by Crippen LogP contribution is -2.24. The fourth-order valence-corrected chi connectivity index (χ4v) is 2.06. The van der Waals surface area contributed by atoms with Gasteiger partial charge in [-0.25, -0.2) is 14.8 Å². The van der Waals surface area contributed by atoms with Gasteiger partial charge in [-0.3, -0.25) is 4.79 Å². The van der Waals surface area contributed by atoms with Crippen LogP contribution >= 0.6 is 0 Å². The molecule has 0 aliphatic carbocycles. The molecule has 3 aromatic rings. The highest BCUT2D eigenvalue weighted by molar-refractivity contribution is 5.83. The smallest absolute Gasteiger partial charge is 0.277 e. The average molecular weight is 338 g/mol. The highest BCUT2D eigenvalue weighted by Crippen LogP contribution is 2.14. The molecular weight excluding hydrogens is 323 g/mol. The predicted molar refractivity (Wildman–Crippen MR) is 91.2 cm³/mol. The summed E-state index contributed by atoms with van der Waals surface area (Å²) in [5, 5.41) is 3.85. The van der Waals surface area contributed by atoms with E-state index in [4.69, 9.17) is 4.74 Å². The Bertz CT molecular complexity index is 861. The molecule has 0 aliphatic rings. The van der Waals surface area contributed by atoms with Crippen LogP contribution in [0.5, 0.6) is 5.75 Å². The number of halogens is 1. The first-order chi connectivity index (χ1) is 12.2. The Balaban J connectivity index is 1.49. The van der Waals surface area contributed by atoms with Crippen LogP contribution in [0.25, 0.3) is 5.69 Å². The van der Waals surface area contributed by atoms with Gasteiger partial charge in [-0.2, -0.15) is 5.10 Å². The highest BCUT2D eigenvalue weighted by Gasteiger charge is 2.05. The lowest BCUT2D eigenvalue weighted by molar-refractivity contribution is -0.123. The van der Waals surface area contributed by atoms with Gasteiger partial charge >= 0.3 is 0 Å². The van der Waals surface area contributed by atoms with Crippen LogP contribution in [-0.4, -0.2) is 28.3 Å². The predicted octanol–water partition coefficient (Wildman–Crippen LogP) is 2.54. The molecule has 0 saturated heterocycles. The third kappa shape index (κ3) is 4.51. The van der Waals surface area contributed by atoms with Crippen molar-refractivity contribution < 1.29 is 13.9 Å². The molecule has 0 bridgehead atoms. The van der Waals surface area contributed by atoms with Crippen LogP contribution < -0.4 is 10.2 Å². The number of carbonyl (C=O) groups excluding carboxylic acids is 1. The summed E-state index contributed by atoms with van der Waals surface area (Å²) in [5.74, 6) is -0.969. The van der Waals surface area contributed by atoms with Crippen molar-refractivity contribution in [2.24, 2.45) is 5.10 Å². The molecule has 1 N–H and O–H groups in total. The Morgan fingerprint density at radius 3 is 2.76 bits per heavy atom. The second-order valence-electron chi connectivity index (χ2n) is 5.07. The van der Waals surface area contributed by atoms with E-state index >= 15 is 0 Å². The number of aromatic nitrogens is 2.